The number of sulfone groups is 1. The normalized spacial score (nSPS) is 15.8. The standard InChI is InChI=1S/C18H21ClN2O3S/c19-16-8-6-14(7-9-16)12-15(13-25(23,24)11-3-10-20)18(22)21-17-4-1-2-5-17/h6-9,12,17H,1-5,11,13H2,(H,21,22)/b15-12+. The number of nitrogens with one attached hydrogen (secondary N) is 1. The van der Waals surface area contributed by atoms with Crippen molar-refractivity contribution in [3.63, 3.8) is 0 Å². The lowest BCUT2D eigenvalue weighted by molar-refractivity contribution is -0.118. The van der Waals surface area contributed by atoms with Crippen LogP contribution in [0, 0.1) is 11.3 Å². The molecule has 25 heavy (non-hydrogen) atoms. The maximum absolute atomic E-state index is 12.6. The topological polar surface area (TPSA) is 87.0 Å². The molecule has 1 fully saturated rings. The maximum Gasteiger partial charge on any atom is 0.248 e. The summed E-state index contributed by atoms with van der Waals surface area (Å²) in [5.41, 5.74) is 0.892. The second kappa shape index (κ2) is 9.02. The molecule has 1 aliphatic carbocycles. The van der Waals surface area contributed by atoms with Crippen molar-refractivity contribution in [3.8, 4) is 6.07 Å². The van der Waals surface area contributed by atoms with Crippen molar-refractivity contribution in [2.45, 2.75) is 38.1 Å². The van der Waals surface area contributed by atoms with E-state index in [1.165, 1.54) is 0 Å². The molecule has 0 heterocycles. The van der Waals surface area contributed by atoms with E-state index in [1.54, 1.807) is 30.3 Å². The van der Waals surface area contributed by atoms with Gasteiger partial charge in [0.05, 0.1) is 17.6 Å². The highest BCUT2D eigenvalue weighted by molar-refractivity contribution is 7.91. The molecule has 1 amide bonds. The van der Waals surface area contributed by atoms with Crippen LogP contribution in [0.5, 0.6) is 0 Å². The van der Waals surface area contributed by atoms with Gasteiger partial charge >= 0.3 is 0 Å². The van der Waals surface area contributed by atoms with Crippen molar-refractivity contribution in [2.75, 3.05) is 11.5 Å². The molecule has 1 aromatic rings. The van der Waals surface area contributed by atoms with Crippen LogP contribution in [0.15, 0.2) is 29.8 Å². The fourth-order valence-electron chi connectivity index (χ4n) is 2.79. The number of halogens is 1. The quantitative estimate of drug-likeness (QED) is 0.736. The van der Waals surface area contributed by atoms with Gasteiger partial charge in [-0.25, -0.2) is 8.42 Å². The first-order valence-corrected chi connectivity index (χ1v) is 10.4. The Hall–Kier alpha value is -1.84. The summed E-state index contributed by atoms with van der Waals surface area (Å²) >= 11 is 5.86. The summed E-state index contributed by atoms with van der Waals surface area (Å²) in [6.45, 7) is 0. The molecule has 0 spiro atoms. The monoisotopic (exact) mass is 380 g/mol. The zero-order valence-electron chi connectivity index (χ0n) is 13.9. The molecule has 2 rings (SSSR count). The van der Waals surface area contributed by atoms with Gasteiger partial charge in [0.1, 0.15) is 0 Å². The van der Waals surface area contributed by atoms with Crippen molar-refractivity contribution in [1.29, 1.82) is 5.26 Å². The first-order chi connectivity index (χ1) is 11.9. The summed E-state index contributed by atoms with van der Waals surface area (Å²) in [5.74, 6) is -0.990. The second-order valence-electron chi connectivity index (χ2n) is 6.18. The minimum Gasteiger partial charge on any atom is -0.350 e. The number of rotatable bonds is 7. The number of hydrogen-bond donors (Lipinski definition) is 1. The number of benzene rings is 1. The average molecular weight is 381 g/mol. The van der Waals surface area contributed by atoms with Gasteiger partial charge in [-0.1, -0.05) is 36.6 Å². The van der Waals surface area contributed by atoms with Crippen molar-refractivity contribution in [2.24, 2.45) is 0 Å². The number of nitriles is 1. The zero-order chi connectivity index (χ0) is 18.3. The van der Waals surface area contributed by atoms with Gasteiger partial charge in [0.25, 0.3) is 0 Å². The number of amides is 1. The van der Waals surface area contributed by atoms with E-state index in [-0.39, 0.29) is 35.4 Å². The molecule has 1 aromatic carbocycles. The zero-order valence-corrected chi connectivity index (χ0v) is 15.4. The minimum absolute atomic E-state index is 0.0825. The third-order valence-corrected chi connectivity index (χ3v) is 5.92. The highest BCUT2D eigenvalue weighted by Gasteiger charge is 2.23. The summed E-state index contributed by atoms with van der Waals surface area (Å²) in [7, 11) is -3.53. The number of carbonyl (C=O) groups excluding carboxylic acids is 1. The number of hydrogen-bond acceptors (Lipinski definition) is 4. The summed E-state index contributed by atoms with van der Waals surface area (Å²) in [6.07, 6.45) is 5.47. The Labute approximate surface area is 153 Å². The van der Waals surface area contributed by atoms with E-state index in [1.807, 2.05) is 6.07 Å². The lowest BCUT2D eigenvalue weighted by Crippen LogP contribution is -2.35. The molecule has 0 aliphatic heterocycles. The average Bonchev–Trinajstić information content (AvgIpc) is 3.07. The van der Waals surface area contributed by atoms with Crippen LogP contribution in [0.2, 0.25) is 5.02 Å². The number of carbonyl (C=O) groups is 1. The summed E-state index contributed by atoms with van der Waals surface area (Å²) in [6, 6.07) is 8.75. The molecule has 0 radical (unpaired) electrons. The van der Waals surface area contributed by atoms with Crippen LogP contribution in [-0.2, 0) is 14.6 Å². The van der Waals surface area contributed by atoms with Gasteiger partial charge in [0, 0.05) is 23.1 Å². The Kier molecular flexibility index (Phi) is 7.03. The Morgan fingerprint density at radius 3 is 2.52 bits per heavy atom. The first kappa shape index (κ1) is 19.5. The van der Waals surface area contributed by atoms with Crippen LogP contribution < -0.4 is 5.32 Å². The number of nitrogens with zero attached hydrogens (tertiary/aromatic N) is 1. The lowest BCUT2D eigenvalue weighted by atomic mass is 10.1. The van der Waals surface area contributed by atoms with E-state index in [0.29, 0.717) is 10.6 Å². The van der Waals surface area contributed by atoms with Crippen LogP contribution >= 0.6 is 11.6 Å². The van der Waals surface area contributed by atoms with E-state index in [4.69, 9.17) is 16.9 Å². The van der Waals surface area contributed by atoms with Crippen LogP contribution in [0.25, 0.3) is 6.08 Å². The van der Waals surface area contributed by atoms with Gasteiger partial charge in [0.15, 0.2) is 9.84 Å². The Morgan fingerprint density at radius 2 is 1.92 bits per heavy atom. The molecular weight excluding hydrogens is 360 g/mol. The molecule has 1 N–H and O–H groups in total. The Morgan fingerprint density at radius 1 is 1.28 bits per heavy atom. The third kappa shape index (κ3) is 6.52. The van der Waals surface area contributed by atoms with Gasteiger partial charge in [0.2, 0.25) is 5.91 Å². The summed E-state index contributed by atoms with van der Waals surface area (Å²) in [5, 5.41) is 12.1. The largest absolute Gasteiger partial charge is 0.350 e. The van der Waals surface area contributed by atoms with Crippen LogP contribution in [0.1, 0.15) is 37.7 Å². The lowest BCUT2D eigenvalue weighted by Gasteiger charge is -2.14. The molecular formula is C18H21ClN2O3S. The fourth-order valence-corrected chi connectivity index (χ4v) is 4.15. The predicted molar refractivity (Wildman–Crippen MR) is 98.7 cm³/mol. The van der Waals surface area contributed by atoms with Crippen molar-refractivity contribution >= 4 is 33.4 Å². The van der Waals surface area contributed by atoms with Gasteiger partial charge < -0.3 is 5.32 Å². The molecule has 5 nitrogen and oxygen atoms in total. The van der Waals surface area contributed by atoms with Crippen LogP contribution in [-0.4, -0.2) is 31.9 Å². The highest BCUT2D eigenvalue weighted by Crippen LogP contribution is 2.19. The first-order valence-electron chi connectivity index (χ1n) is 8.24. The molecule has 0 bridgehead atoms. The van der Waals surface area contributed by atoms with Gasteiger partial charge in [-0.05, 0) is 36.6 Å². The second-order valence-corrected chi connectivity index (χ2v) is 8.80. The van der Waals surface area contributed by atoms with Gasteiger partial charge in [-0.3, -0.25) is 4.79 Å². The summed E-state index contributed by atoms with van der Waals surface area (Å²) in [4.78, 5) is 12.6. The smallest absolute Gasteiger partial charge is 0.248 e. The van der Waals surface area contributed by atoms with E-state index >= 15 is 0 Å². The molecule has 0 aromatic heterocycles. The molecule has 0 atom stereocenters. The molecule has 134 valence electrons. The minimum atomic E-state index is -3.53. The SMILES string of the molecule is N#CCCS(=O)(=O)C/C(=C\c1ccc(Cl)cc1)C(=O)NC1CCCC1. The highest BCUT2D eigenvalue weighted by atomic mass is 35.5. The van der Waals surface area contributed by atoms with E-state index in [9.17, 15) is 13.2 Å². The Balaban J connectivity index is 2.22. The summed E-state index contributed by atoms with van der Waals surface area (Å²) < 4.78 is 24.4. The van der Waals surface area contributed by atoms with Gasteiger partial charge in [-0.2, -0.15) is 5.26 Å². The fraction of sp³-hybridized carbons (Fsp3) is 0.444. The Bertz CT molecular complexity index is 774. The van der Waals surface area contributed by atoms with Crippen LogP contribution in [0.3, 0.4) is 0 Å². The van der Waals surface area contributed by atoms with Crippen LogP contribution in [0.4, 0.5) is 0 Å². The molecule has 1 aliphatic rings. The van der Waals surface area contributed by atoms with E-state index in [0.717, 1.165) is 25.7 Å². The molecule has 1 saturated carbocycles. The van der Waals surface area contributed by atoms with Gasteiger partial charge in [-0.15, -0.1) is 0 Å². The van der Waals surface area contributed by atoms with Crippen molar-refractivity contribution in [1.82, 2.24) is 5.32 Å². The van der Waals surface area contributed by atoms with E-state index < -0.39 is 9.84 Å². The van der Waals surface area contributed by atoms with Crippen molar-refractivity contribution in [3.05, 3.63) is 40.4 Å². The molecule has 0 unspecified atom stereocenters. The van der Waals surface area contributed by atoms with Crippen molar-refractivity contribution < 1.29 is 13.2 Å². The maximum atomic E-state index is 12.6. The molecule has 0 saturated heterocycles. The predicted octanol–water partition coefficient (Wildman–Crippen LogP) is 3.11. The van der Waals surface area contributed by atoms with E-state index in [2.05, 4.69) is 5.32 Å². The molecule has 7 heteroatoms. The third-order valence-electron chi connectivity index (χ3n) is 4.09.